The molecule has 0 unspecified atom stereocenters. The Hall–Kier alpha value is -2.54. The van der Waals surface area contributed by atoms with E-state index in [-0.39, 0.29) is 5.91 Å². The van der Waals surface area contributed by atoms with E-state index in [0.29, 0.717) is 30.2 Å². The van der Waals surface area contributed by atoms with E-state index in [4.69, 9.17) is 16.2 Å². The van der Waals surface area contributed by atoms with Crippen LogP contribution in [-0.2, 0) is 4.79 Å². The number of piperazine rings is 1. The van der Waals surface area contributed by atoms with Gasteiger partial charge in [-0.05, 0) is 30.3 Å². The molecule has 138 valence electrons. The molecule has 26 heavy (non-hydrogen) atoms. The molecule has 1 aliphatic rings. The predicted octanol–water partition coefficient (Wildman–Crippen LogP) is 2.30. The standard InChI is InChI=1S/C19H24N4O2S/c1-25-18-5-3-2-4-17(18)22-6-8-23(9-7-22)19(24)13-26-16-11-14(20)10-15(21)12-16/h2-5,10-12H,6-9,13,20-21H2,1H3. The average Bonchev–Trinajstić information content (AvgIpc) is 2.65. The largest absolute Gasteiger partial charge is 0.495 e. The molecule has 2 aromatic carbocycles. The molecule has 7 heteroatoms. The first-order chi connectivity index (χ1) is 12.6. The van der Waals surface area contributed by atoms with Crippen LogP contribution in [0.4, 0.5) is 17.1 Å². The molecule has 0 aromatic heterocycles. The number of thioether (sulfide) groups is 1. The molecule has 1 saturated heterocycles. The third-order valence-corrected chi connectivity index (χ3v) is 5.33. The minimum atomic E-state index is 0.135. The highest BCUT2D eigenvalue weighted by Gasteiger charge is 2.22. The van der Waals surface area contributed by atoms with Crippen molar-refractivity contribution in [1.29, 1.82) is 0 Å². The van der Waals surface area contributed by atoms with Gasteiger partial charge in [0, 0.05) is 42.4 Å². The topological polar surface area (TPSA) is 84.8 Å². The maximum absolute atomic E-state index is 12.5. The Morgan fingerprint density at radius 2 is 1.73 bits per heavy atom. The van der Waals surface area contributed by atoms with Crippen LogP contribution in [0, 0.1) is 0 Å². The number of hydrogen-bond donors (Lipinski definition) is 2. The Morgan fingerprint density at radius 1 is 1.08 bits per heavy atom. The monoisotopic (exact) mass is 372 g/mol. The minimum Gasteiger partial charge on any atom is -0.495 e. The molecule has 0 spiro atoms. The normalized spacial score (nSPS) is 14.3. The third kappa shape index (κ3) is 4.35. The van der Waals surface area contributed by atoms with Crippen LogP contribution in [0.5, 0.6) is 5.75 Å². The van der Waals surface area contributed by atoms with E-state index in [1.807, 2.05) is 35.2 Å². The van der Waals surface area contributed by atoms with E-state index >= 15 is 0 Å². The zero-order valence-electron chi connectivity index (χ0n) is 14.9. The molecular weight excluding hydrogens is 348 g/mol. The number of carbonyl (C=O) groups is 1. The van der Waals surface area contributed by atoms with Crippen LogP contribution in [-0.4, -0.2) is 49.8 Å². The fourth-order valence-electron chi connectivity index (χ4n) is 3.05. The van der Waals surface area contributed by atoms with Crippen molar-refractivity contribution in [3.05, 3.63) is 42.5 Å². The first kappa shape index (κ1) is 18.3. The summed E-state index contributed by atoms with van der Waals surface area (Å²) in [5.41, 5.74) is 13.9. The number of benzene rings is 2. The van der Waals surface area contributed by atoms with Crippen molar-refractivity contribution in [1.82, 2.24) is 4.90 Å². The highest BCUT2D eigenvalue weighted by molar-refractivity contribution is 8.00. The van der Waals surface area contributed by atoms with E-state index in [2.05, 4.69) is 11.0 Å². The van der Waals surface area contributed by atoms with Crippen LogP contribution < -0.4 is 21.1 Å². The fraction of sp³-hybridized carbons (Fsp3) is 0.316. The molecule has 1 fully saturated rings. The zero-order valence-corrected chi connectivity index (χ0v) is 15.7. The summed E-state index contributed by atoms with van der Waals surface area (Å²) >= 11 is 1.47. The molecular formula is C19H24N4O2S. The lowest BCUT2D eigenvalue weighted by Gasteiger charge is -2.36. The first-order valence-electron chi connectivity index (χ1n) is 8.51. The SMILES string of the molecule is COc1ccccc1N1CCN(C(=O)CSc2cc(N)cc(N)c2)CC1. The summed E-state index contributed by atoms with van der Waals surface area (Å²) < 4.78 is 5.43. The van der Waals surface area contributed by atoms with Gasteiger partial charge in [-0.3, -0.25) is 4.79 Å². The predicted molar refractivity (Wildman–Crippen MR) is 108 cm³/mol. The highest BCUT2D eigenvalue weighted by Crippen LogP contribution is 2.29. The van der Waals surface area contributed by atoms with Crippen molar-refractivity contribution >= 4 is 34.7 Å². The van der Waals surface area contributed by atoms with Gasteiger partial charge in [0.1, 0.15) is 5.75 Å². The molecule has 3 rings (SSSR count). The lowest BCUT2D eigenvalue weighted by Crippen LogP contribution is -2.49. The maximum Gasteiger partial charge on any atom is 0.233 e. The van der Waals surface area contributed by atoms with Crippen LogP contribution in [0.1, 0.15) is 0 Å². The quantitative estimate of drug-likeness (QED) is 0.619. The number of nitrogens with two attached hydrogens (primary N) is 2. The molecule has 0 bridgehead atoms. The molecule has 0 atom stereocenters. The van der Waals surface area contributed by atoms with Crippen molar-refractivity contribution in [3.63, 3.8) is 0 Å². The number of methoxy groups -OCH3 is 1. The summed E-state index contributed by atoms with van der Waals surface area (Å²) in [7, 11) is 1.68. The van der Waals surface area contributed by atoms with E-state index in [1.165, 1.54) is 11.8 Å². The number of rotatable bonds is 5. The summed E-state index contributed by atoms with van der Waals surface area (Å²) in [6.07, 6.45) is 0. The highest BCUT2D eigenvalue weighted by atomic mass is 32.2. The summed E-state index contributed by atoms with van der Waals surface area (Å²) in [5.74, 6) is 1.38. The van der Waals surface area contributed by atoms with Crippen LogP contribution >= 0.6 is 11.8 Å². The van der Waals surface area contributed by atoms with E-state index in [1.54, 1.807) is 13.2 Å². The van der Waals surface area contributed by atoms with Gasteiger partial charge in [0.15, 0.2) is 0 Å². The van der Waals surface area contributed by atoms with E-state index in [0.717, 1.165) is 29.4 Å². The number of nitrogen functional groups attached to an aromatic ring is 2. The van der Waals surface area contributed by atoms with Gasteiger partial charge >= 0.3 is 0 Å². The number of amides is 1. The second kappa shape index (κ2) is 8.23. The van der Waals surface area contributed by atoms with Crippen molar-refractivity contribution in [2.75, 3.05) is 55.4 Å². The van der Waals surface area contributed by atoms with Gasteiger partial charge in [-0.2, -0.15) is 0 Å². The Kier molecular flexibility index (Phi) is 5.78. The average molecular weight is 372 g/mol. The van der Waals surface area contributed by atoms with Crippen molar-refractivity contribution < 1.29 is 9.53 Å². The Bertz CT molecular complexity index is 756. The number of ether oxygens (including phenoxy) is 1. The van der Waals surface area contributed by atoms with E-state index in [9.17, 15) is 4.79 Å². The van der Waals surface area contributed by atoms with Gasteiger partial charge in [-0.25, -0.2) is 0 Å². The maximum atomic E-state index is 12.5. The lowest BCUT2D eigenvalue weighted by atomic mass is 10.2. The summed E-state index contributed by atoms with van der Waals surface area (Å²) in [6, 6.07) is 13.4. The smallest absolute Gasteiger partial charge is 0.233 e. The molecule has 4 N–H and O–H groups in total. The van der Waals surface area contributed by atoms with Crippen LogP contribution in [0.25, 0.3) is 0 Å². The lowest BCUT2D eigenvalue weighted by molar-refractivity contribution is -0.128. The van der Waals surface area contributed by atoms with Gasteiger partial charge in [0.2, 0.25) is 5.91 Å². The van der Waals surface area contributed by atoms with Gasteiger partial charge in [0.05, 0.1) is 18.6 Å². The van der Waals surface area contributed by atoms with E-state index < -0.39 is 0 Å². The van der Waals surface area contributed by atoms with Crippen molar-refractivity contribution in [3.8, 4) is 5.75 Å². The third-order valence-electron chi connectivity index (χ3n) is 4.37. The zero-order chi connectivity index (χ0) is 18.5. The van der Waals surface area contributed by atoms with Gasteiger partial charge in [0.25, 0.3) is 0 Å². The molecule has 0 radical (unpaired) electrons. The Morgan fingerprint density at radius 3 is 2.38 bits per heavy atom. The van der Waals surface area contributed by atoms with Crippen LogP contribution in [0.15, 0.2) is 47.4 Å². The van der Waals surface area contributed by atoms with Gasteiger partial charge < -0.3 is 26.0 Å². The molecule has 0 saturated carbocycles. The summed E-state index contributed by atoms with van der Waals surface area (Å²) in [6.45, 7) is 3.00. The number of para-hydroxylation sites is 2. The minimum absolute atomic E-state index is 0.135. The number of anilines is 3. The number of nitrogens with zero attached hydrogens (tertiary/aromatic N) is 2. The second-order valence-corrected chi connectivity index (χ2v) is 7.21. The Labute approximate surface area is 158 Å². The summed E-state index contributed by atoms with van der Waals surface area (Å²) in [5, 5.41) is 0. The first-order valence-corrected chi connectivity index (χ1v) is 9.50. The van der Waals surface area contributed by atoms with Crippen LogP contribution in [0.3, 0.4) is 0 Å². The fourth-order valence-corrected chi connectivity index (χ4v) is 3.96. The van der Waals surface area contributed by atoms with Crippen molar-refractivity contribution in [2.24, 2.45) is 0 Å². The molecule has 1 aliphatic heterocycles. The molecule has 2 aromatic rings. The van der Waals surface area contributed by atoms with Gasteiger partial charge in [-0.15, -0.1) is 11.8 Å². The Balaban J connectivity index is 1.53. The molecule has 0 aliphatic carbocycles. The molecule has 1 amide bonds. The molecule has 6 nitrogen and oxygen atoms in total. The number of carbonyl (C=O) groups excluding carboxylic acids is 1. The van der Waals surface area contributed by atoms with Gasteiger partial charge in [-0.1, -0.05) is 12.1 Å². The summed E-state index contributed by atoms with van der Waals surface area (Å²) in [4.78, 5) is 17.6. The van der Waals surface area contributed by atoms with Crippen molar-refractivity contribution in [2.45, 2.75) is 4.90 Å². The molecule has 1 heterocycles. The van der Waals surface area contributed by atoms with Crippen LogP contribution in [0.2, 0.25) is 0 Å². The number of hydrogen-bond acceptors (Lipinski definition) is 6. The second-order valence-electron chi connectivity index (χ2n) is 6.16.